The normalized spacial score (nSPS) is 14.1. The molecule has 0 saturated carbocycles. The zero-order valence-corrected chi connectivity index (χ0v) is 19.0. The van der Waals surface area contributed by atoms with Crippen LogP contribution < -0.4 is 10.1 Å². The number of hydrogen-bond donors (Lipinski definition) is 2. The first-order chi connectivity index (χ1) is 17.3. The highest BCUT2D eigenvalue weighted by Crippen LogP contribution is 2.32. The van der Waals surface area contributed by atoms with E-state index in [0.717, 1.165) is 6.41 Å². The van der Waals surface area contributed by atoms with Crippen LogP contribution in [0.5, 0.6) is 5.75 Å². The molecule has 2 aromatic heterocycles. The number of nitrogens with one attached hydrogen (secondary N) is 2. The van der Waals surface area contributed by atoms with Crippen molar-refractivity contribution in [3.8, 4) is 29.0 Å². The first-order valence-electron chi connectivity index (χ1n) is 11.0. The van der Waals surface area contributed by atoms with Crippen LogP contribution in [0.4, 0.5) is 18.9 Å². The number of rotatable bonds is 7. The van der Waals surface area contributed by atoms with Crippen molar-refractivity contribution in [3.05, 3.63) is 54.2 Å². The largest absolute Gasteiger partial charge is 0.490 e. The summed E-state index contributed by atoms with van der Waals surface area (Å²) < 4.78 is 49.7. The Morgan fingerprint density at radius 1 is 1.25 bits per heavy atom. The summed E-state index contributed by atoms with van der Waals surface area (Å²) in [6.45, 7) is 3.59. The zero-order chi connectivity index (χ0) is 25.5. The topological polar surface area (TPSA) is 104 Å². The summed E-state index contributed by atoms with van der Waals surface area (Å²) in [4.78, 5) is 33.2. The number of alkyl halides is 3. The van der Waals surface area contributed by atoms with Crippen LogP contribution in [-0.2, 0) is 15.8 Å². The van der Waals surface area contributed by atoms with Crippen LogP contribution in [0.1, 0.15) is 11.3 Å². The highest BCUT2D eigenvalue weighted by atomic mass is 19.4. The quantitative estimate of drug-likeness (QED) is 0.381. The van der Waals surface area contributed by atoms with Gasteiger partial charge in [-0.2, -0.15) is 13.2 Å². The first kappa shape index (κ1) is 24.9. The number of imidazole rings is 1. The van der Waals surface area contributed by atoms with Gasteiger partial charge in [-0.25, -0.2) is 4.98 Å². The predicted molar refractivity (Wildman–Crippen MR) is 123 cm³/mol. The van der Waals surface area contributed by atoms with E-state index in [0.29, 0.717) is 62.4 Å². The van der Waals surface area contributed by atoms with Gasteiger partial charge in [0.15, 0.2) is 0 Å². The molecule has 12 heteroatoms. The van der Waals surface area contributed by atoms with Crippen LogP contribution in [0, 0.1) is 11.8 Å². The van der Waals surface area contributed by atoms with E-state index in [1.807, 2.05) is 0 Å². The highest BCUT2D eigenvalue weighted by Gasteiger charge is 2.33. The molecule has 2 amide bonds. The summed E-state index contributed by atoms with van der Waals surface area (Å²) in [6.07, 6.45) is -0.214. The number of piperazine rings is 1. The Bertz CT molecular complexity index is 1250. The number of ether oxygens (including phenoxy) is 1. The molecule has 0 radical (unpaired) electrons. The zero-order valence-electron chi connectivity index (χ0n) is 19.0. The van der Waals surface area contributed by atoms with Gasteiger partial charge >= 0.3 is 12.1 Å². The van der Waals surface area contributed by atoms with Crippen molar-refractivity contribution in [1.29, 1.82) is 0 Å². The summed E-state index contributed by atoms with van der Waals surface area (Å²) in [5.74, 6) is 4.75. The Balaban J connectivity index is 1.49. The van der Waals surface area contributed by atoms with Gasteiger partial charge in [0.2, 0.25) is 6.41 Å². The molecule has 1 aliphatic rings. The van der Waals surface area contributed by atoms with E-state index < -0.39 is 17.8 Å². The monoisotopic (exact) mass is 501 g/mol. The Morgan fingerprint density at radius 2 is 2.06 bits per heavy atom. The van der Waals surface area contributed by atoms with Crippen molar-refractivity contribution in [2.45, 2.75) is 6.18 Å². The molecule has 1 aromatic carbocycles. The minimum absolute atomic E-state index is 0.0121. The summed E-state index contributed by atoms with van der Waals surface area (Å²) in [6, 6.07) is 6.16. The molecule has 1 saturated heterocycles. The number of anilines is 1. The number of furan rings is 1. The van der Waals surface area contributed by atoms with E-state index in [1.54, 1.807) is 23.1 Å². The highest BCUT2D eigenvalue weighted by molar-refractivity contribution is 6.05. The lowest BCUT2D eigenvalue weighted by molar-refractivity contribution is -0.140. The van der Waals surface area contributed by atoms with Gasteiger partial charge in [-0.3, -0.25) is 14.5 Å². The molecule has 9 nitrogen and oxygen atoms in total. The van der Waals surface area contributed by atoms with Gasteiger partial charge in [0, 0.05) is 44.2 Å². The average molecular weight is 501 g/mol. The summed E-state index contributed by atoms with van der Waals surface area (Å²) in [7, 11) is 0. The number of aromatic nitrogens is 2. The Hall–Kier alpha value is -4.24. The number of carbonyl (C=O) groups is 2. The third-order valence-electron chi connectivity index (χ3n) is 5.44. The summed E-state index contributed by atoms with van der Waals surface area (Å²) in [5, 5.41) is 2.63. The lowest BCUT2D eigenvalue weighted by Crippen LogP contribution is -2.46. The second-order valence-corrected chi connectivity index (χ2v) is 7.90. The average Bonchev–Trinajstić information content (AvgIpc) is 3.56. The second kappa shape index (κ2) is 11.0. The number of H-pyrrole nitrogens is 1. The molecule has 0 aliphatic carbocycles. The number of amides is 2. The number of benzene rings is 1. The molecule has 3 aromatic rings. The fourth-order valence-corrected chi connectivity index (χ4v) is 3.51. The third kappa shape index (κ3) is 6.45. The van der Waals surface area contributed by atoms with Gasteiger partial charge in [-0.1, -0.05) is 5.92 Å². The first-order valence-corrected chi connectivity index (χ1v) is 11.0. The summed E-state index contributed by atoms with van der Waals surface area (Å²) in [5.41, 5.74) is 0.0834. The molecule has 3 heterocycles. The molecular formula is C24H22F3N5O4. The molecule has 4 rings (SSSR count). The maximum absolute atomic E-state index is 13.0. The smallest absolute Gasteiger partial charge is 0.432 e. The van der Waals surface area contributed by atoms with Crippen LogP contribution >= 0.6 is 0 Å². The maximum atomic E-state index is 13.0. The van der Waals surface area contributed by atoms with E-state index in [-0.39, 0.29) is 11.5 Å². The van der Waals surface area contributed by atoms with E-state index >= 15 is 0 Å². The van der Waals surface area contributed by atoms with Gasteiger partial charge in [0.1, 0.15) is 30.1 Å². The van der Waals surface area contributed by atoms with Gasteiger partial charge < -0.3 is 24.4 Å². The molecule has 1 aliphatic heterocycles. The molecule has 2 N–H and O–H groups in total. The predicted octanol–water partition coefficient (Wildman–Crippen LogP) is 2.83. The fraction of sp³-hybridized carbons (Fsp3) is 0.292. The molecule has 0 atom stereocenters. The molecular weight excluding hydrogens is 479 g/mol. The SMILES string of the molecule is O=CN1CCN(CCOc2ccc(-c3ncc(C(F)(F)F)[nH]3)cc2NC(=O)C#Cc2ccoc2)CC1. The van der Waals surface area contributed by atoms with E-state index in [2.05, 4.69) is 32.0 Å². The minimum Gasteiger partial charge on any atom is -0.490 e. The van der Waals surface area contributed by atoms with Crippen molar-refractivity contribution in [2.24, 2.45) is 0 Å². The third-order valence-corrected chi connectivity index (χ3v) is 5.44. The second-order valence-electron chi connectivity index (χ2n) is 7.90. The maximum Gasteiger partial charge on any atom is 0.432 e. The fourth-order valence-electron chi connectivity index (χ4n) is 3.51. The van der Waals surface area contributed by atoms with Crippen LogP contribution in [0.15, 0.2) is 47.4 Å². The molecule has 36 heavy (non-hydrogen) atoms. The minimum atomic E-state index is -4.56. The lowest BCUT2D eigenvalue weighted by Gasteiger charge is -2.32. The number of hydrogen-bond acceptors (Lipinski definition) is 6. The molecule has 0 bridgehead atoms. The number of aromatic amines is 1. The van der Waals surface area contributed by atoms with E-state index in [4.69, 9.17) is 9.15 Å². The van der Waals surface area contributed by atoms with Crippen LogP contribution in [-0.4, -0.2) is 71.4 Å². The summed E-state index contributed by atoms with van der Waals surface area (Å²) >= 11 is 0. The Morgan fingerprint density at radius 3 is 2.72 bits per heavy atom. The lowest BCUT2D eigenvalue weighted by atomic mass is 10.1. The van der Waals surface area contributed by atoms with Crippen LogP contribution in [0.2, 0.25) is 0 Å². The van der Waals surface area contributed by atoms with Crippen molar-refractivity contribution in [2.75, 3.05) is 44.6 Å². The standard InChI is InChI=1S/C24H22F3N5O4/c25-24(26,27)21-14-28-23(30-21)18-2-3-20(36-12-10-31-6-8-32(16-33)9-7-31)19(13-18)29-22(34)4-1-17-5-11-35-15-17/h2-3,5,11,13-16H,6-10,12H2,(H,28,30)(H,29,34). The Labute approximate surface area is 204 Å². The molecule has 1 fully saturated rings. The number of halogens is 3. The van der Waals surface area contributed by atoms with Crippen molar-refractivity contribution >= 4 is 18.0 Å². The number of carbonyl (C=O) groups excluding carboxylic acids is 2. The number of nitrogens with zero attached hydrogens (tertiary/aromatic N) is 3. The molecule has 0 unspecified atom stereocenters. The van der Waals surface area contributed by atoms with Crippen molar-refractivity contribution in [1.82, 2.24) is 19.8 Å². The van der Waals surface area contributed by atoms with Crippen molar-refractivity contribution < 1.29 is 31.9 Å². The van der Waals surface area contributed by atoms with Gasteiger partial charge in [-0.15, -0.1) is 0 Å². The van der Waals surface area contributed by atoms with Crippen LogP contribution in [0.3, 0.4) is 0 Å². The van der Waals surface area contributed by atoms with E-state index in [1.165, 1.54) is 18.6 Å². The van der Waals surface area contributed by atoms with Gasteiger partial charge in [-0.05, 0) is 24.3 Å². The van der Waals surface area contributed by atoms with Crippen LogP contribution in [0.25, 0.3) is 11.4 Å². The van der Waals surface area contributed by atoms with Gasteiger partial charge in [0.25, 0.3) is 0 Å². The molecule has 188 valence electrons. The molecule has 0 spiro atoms. The van der Waals surface area contributed by atoms with Gasteiger partial charge in [0.05, 0.1) is 23.7 Å². The van der Waals surface area contributed by atoms with E-state index in [9.17, 15) is 22.8 Å². The van der Waals surface area contributed by atoms with Crippen molar-refractivity contribution in [3.63, 3.8) is 0 Å². The Kier molecular flexibility index (Phi) is 7.60.